The summed E-state index contributed by atoms with van der Waals surface area (Å²) in [6.45, 7) is 23.4. The number of likely N-dealkylation sites (tertiary alicyclic amines) is 2. The first-order valence-corrected chi connectivity index (χ1v) is 35.9. The average molecular weight is 1400 g/mol. The van der Waals surface area contributed by atoms with Crippen molar-refractivity contribution in [1.82, 2.24) is 35.0 Å². The predicted octanol–water partition coefficient (Wildman–Crippen LogP) is 6.80. The molecule has 5 aromatic rings. The van der Waals surface area contributed by atoms with Gasteiger partial charge in [-0.05, 0) is 67.8 Å². The normalized spacial score (nSPS) is 19.4. The highest BCUT2D eigenvalue weighted by atomic mass is 32.1. The Morgan fingerprint density at radius 2 is 1.38 bits per heavy atom. The molecule has 4 aliphatic rings. The van der Waals surface area contributed by atoms with Gasteiger partial charge in [-0.25, -0.2) is 4.98 Å². The fourth-order valence-corrected chi connectivity index (χ4v) is 13.9. The molecule has 544 valence electrons. The van der Waals surface area contributed by atoms with Crippen LogP contribution in [0.1, 0.15) is 81.9 Å². The lowest BCUT2D eigenvalue weighted by Gasteiger charge is -2.42. The largest absolute Gasteiger partial charge is 0.462 e. The van der Waals surface area contributed by atoms with Crippen molar-refractivity contribution >= 4 is 57.1 Å². The molecule has 100 heavy (non-hydrogen) atoms. The molecule has 2 aromatic heterocycles. The van der Waals surface area contributed by atoms with Gasteiger partial charge in [0.05, 0.1) is 171 Å². The minimum atomic E-state index is -0.868. The molecule has 6 heterocycles. The minimum Gasteiger partial charge on any atom is -0.462 e. The van der Waals surface area contributed by atoms with E-state index in [9.17, 15) is 29.5 Å². The number of benzene rings is 3. The number of rotatable bonds is 41. The molecule has 9 rings (SSSR count). The zero-order valence-electron chi connectivity index (χ0n) is 59.1. The van der Waals surface area contributed by atoms with E-state index >= 15 is 0 Å². The number of aromatic nitrogens is 3. The van der Waals surface area contributed by atoms with Crippen LogP contribution in [0.3, 0.4) is 0 Å². The summed E-state index contributed by atoms with van der Waals surface area (Å²) in [6, 6.07) is 23.9. The second kappa shape index (κ2) is 39.4. The fourth-order valence-electron chi connectivity index (χ4n) is 13.1. The van der Waals surface area contributed by atoms with Gasteiger partial charge in [0.2, 0.25) is 17.7 Å². The van der Waals surface area contributed by atoms with Crippen molar-refractivity contribution in [2.45, 2.75) is 110 Å². The molecule has 0 saturated carbocycles. The van der Waals surface area contributed by atoms with Crippen molar-refractivity contribution in [2.24, 2.45) is 11.3 Å². The van der Waals surface area contributed by atoms with Crippen molar-refractivity contribution in [1.29, 1.82) is 5.26 Å². The second-order valence-electron chi connectivity index (χ2n) is 26.8. The molecule has 0 spiro atoms. The number of anilines is 2. The van der Waals surface area contributed by atoms with Gasteiger partial charge in [0, 0.05) is 80.7 Å². The molecule has 2 N–H and O–H groups in total. The molecule has 3 fully saturated rings. The number of thiazole rings is 1. The summed E-state index contributed by atoms with van der Waals surface area (Å²) in [5.41, 5.74) is 7.27. The number of nitrogens with one attached hydrogen (secondary N) is 1. The van der Waals surface area contributed by atoms with Crippen LogP contribution in [0.5, 0.6) is 6.01 Å². The Morgan fingerprint density at radius 3 is 2.00 bits per heavy atom. The Balaban J connectivity index is 0.551. The molecule has 3 saturated heterocycles. The topological polar surface area (TPSA) is 272 Å². The number of likely N-dealkylation sites (N-methyl/N-ethyl adjacent to an activating group) is 1. The van der Waals surface area contributed by atoms with Crippen LogP contribution in [0.15, 0.2) is 84.9 Å². The third kappa shape index (κ3) is 22.4. The van der Waals surface area contributed by atoms with Crippen LogP contribution in [-0.2, 0) is 74.8 Å². The van der Waals surface area contributed by atoms with Crippen molar-refractivity contribution < 1.29 is 71.7 Å². The molecule has 4 aliphatic heterocycles. The first-order chi connectivity index (χ1) is 48.5. The quantitative estimate of drug-likeness (QED) is 0.0301. The highest BCUT2D eigenvalue weighted by Gasteiger charge is 2.45. The number of carbonyl (C=O) groups is 4. The van der Waals surface area contributed by atoms with Gasteiger partial charge in [-0.15, -0.1) is 11.3 Å². The number of amides is 3. The summed E-state index contributed by atoms with van der Waals surface area (Å²) in [7, 11) is 2.08. The molecule has 0 radical (unpaired) electrons. The van der Waals surface area contributed by atoms with Gasteiger partial charge < -0.3 is 77.4 Å². The number of β-amino-alcohol motifs (C(OH)–C–C–N with tert-alkyl or cyclic N) is 1. The number of Topliss-reactive ketones (excluding diaryl/α,β-unsaturated/α-hetero) is 1. The molecular formula is C74H102N10O15S. The monoisotopic (exact) mass is 1400 g/mol. The maximum absolute atomic E-state index is 14.1. The first kappa shape index (κ1) is 77.1. The lowest BCUT2D eigenvalue weighted by Crippen LogP contribution is -2.55. The Bertz CT molecular complexity index is 3450. The number of ether oxygens (including phenoxy) is 10. The van der Waals surface area contributed by atoms with Crippen LogP contribution < -0.4 is 19.9 Å². The highest BCUT2D eigenvalue weighted by Crippen LogP contribution is 2.37. The van der Waals surface area contributed by atoms with Gasteiger partial charge in [-0.3, -0.25) is 24.1 Å². The number of nitrogens with zero attached hydrogens (tertiary/aromatic N) is 9. The zero-order valence-corrected chi connectivity index (χ0v) is 59.9. The number of nitriles is 1. The number of hydrogen-bond donors (Lipinski definition) is 2. The molecule has 7 atom stereocenters. The minimum absolute atomic E-state index is 0.0119. The van der Waals surface area contributed by atoms with Crippen LogP contribution in [-0.4, -0.2) is 254 Å². The summed E-state index contributed by atoms with van der Waals surface area (Å²) in [5, 5.41) is 25.8. The van der Waals surface area contributed by atoms with E-state index in [1.165, 1.54) is 21.7 Å². The number of hydrogen-bond acceptors (Lipinski definition) is 23. The Labute approximate surface area is 592 Å². The van der Waals surface area contributed by atoms with Crippen molar-refractivity contribution in [2.75, 3.05) is 175 Å². The van der Waals surface area contributed by atoms with Gasteiger partial charge in [-0.2, -0.15) is 15.2 Å². The van der Waals surface area contributed by atoms with Crippen LogP contribution in [0, 0.1) is 29.6 Å². The van der Waals surface area contributed by atoms with E-state index in [1.54, 1.807) is 16.2 Å². The van der Waals surface area contributed by atoms with Crippen LogP contribution in [0.4, 0.5) is 11.5 Å². The third-order valence-electron chi connectivity index (χ3n) is 18.6. The molecule has 26 heteroatoms. The summed E-state index contributed by atoms with van der Waals surface area (Å²) >= 11 is 1.58. The predicted molar refractivity (Wildman–Crippen MR) is 379 cm³/mol. The summed E-state index contributed by atoms with van der Waals surface area (Å²) < 4.78 is 57.8. The Morgan fingerprint density at radius 1 is 0.750 bits per heavy atom. The number of ketones is 1. The van der Waals surface area contributed by atoms with Crippen LogP contribution >= 0.6 is 11.3 Å². The van der Waals surface area contributed by atoms with Gasteiger partial charge in [0.1, 0.15) is 25.1 Å². The van der Waals surface area contributed by atoms with Gasteiger partial charge in [0.25, 0.3) is 0 Å². The number of fused-ring (bicyclic) bond motifs is 2. The maximum Gasteiger partial charge on any atom is 0.318 e. The second-order valence-corrected chi connectivity index (χ2v) is 27.6. The average Bonchev–Trinajstić information content (AvgIpc) is 0.996. The molecular weight excluding hydrogens is 1300 g/mol. The number of aryl methyl sites for hydroxylation is 1. The number of piperazine rings is 1. The fraction of sp³-hybridized carbons (Fsp3) is 0.595. The van der Waals surface area contributed by atoms with E-state index in [1.807, 2.05) is 64.4 Å². The number of aliphatic hydroxyl groups excluding tert-OH is 1. The number of aliphatic hydroxyl groups is 1. The molecule has 0 aliphatic carbocycles. The standard InChI is InChI=1S/C74H102N10O15S/c1-8-68(87)83-25-24-82(45-57(83)20-22-75)70-63-21-23-81(66-15-11-13-55-12-9-10-14-62(55)66)48-65(63)78-73(79-70)99-49-58-42-61(47-80(58)7)98-41-40-96-37-36-94-33-32-92-29-28-90-26-27-91-30-31-93-34-35-95-38-39-97-50-60(86)43-64(74(4,5)6)72(89)84-46-59(85)44-67(84)71(88)77-52(2)54-16-18-56(19-17-54)69-53(3)76-51-100-69/h8-19,51-52,57-59,61,64,67,85H,1,20-21,23-50H2,2-7H3,(H,77,88)/t52-,57-,58-,59+,61+,64+,67-/m0/s1. The van der Waals surface area contributed by atoms with Gasteiger partial charge >= 0.3 is 6.01 Å². The summed E-state index contributed by atoms with van der Waals surface area (Å²) in [6.07, 6.45) is 2.25. The van der Waals surface area contributed by atoms with E-state index in [0.717, 1.165) is 70.4 Å². The smallest absolute Gasteiger partial charge is 0.318 e. The molecule has 0 unspecified atom stereocenters. The third-order valence-corrected chi connectivity index (χ3v) is 19.6. The summed E-state index contributed by atoms with van der Waals surface area (Å²) in [4.78, 5) is 79.3. The van der Waals surface area contributed by atoms with E-state index < -0.39 is 23.5 Å². The van der Waals surface area contributed by atoms with E-state index in [0.29, 0.717) is 131 Å². The molecule has 3 amide bonds. The zero-order chi connectivity index (χ0) is 70.8. The lowest BCUT2D eigenvalue weighted by atomic mass is 9.77. The van der Waals surface area contributed by atoms with E-state index in [-0.39, 0.29) is 93.4 Å². The Hall–Kier alpha value is -7.10. The molecule has 3 aromatic carbocycles. The highest BCUT2D eigenvalue weighted by molar-refractivity contribution is 7.13. The molecule has 0 bridgehead atoms. The summed E-state index contributed by atoms with van der Waals surface area (Å²) in [5.74, 6) is -1.03. The van der Waals surface area contributed by atoms with E-state index in [2.05, 4.69) is 87.2 Å². The van der Waals surface area contributed by atoms with Crippen LogP contribution in [0.2, 0.25) is 0 Å². The number of carbonyl (C=O) groups excluding carboxylic acids is 4. The van der Waals surface area contributed by atoms with Crippen molar-refractivity contribution in [3.63, 3.8) is 0 Å². The SMILES string of the molecule is C=CC(=O)N1CCN(c2nc(OC[C@@H]3C[C@@H](OCCOCCOCCOCCOCCOCCOCCOCCOCC(=O)C[C@H](C(=O)N4C[C@H](O)C[C@H]4C(=O)N[C@@H](C)c4ccc(-c5scnc5C)cc4)C(C)(C)C)CN3C)nc3c2CCN(c2cccc4ccccc24)C3)C[C@@H]1CC#N. The van der Waals surface area contributed by atoms with Gasteiger partial charge in [-0.1, -0.05) is 88.0 Å². The van der Waals surface area contributed by atoms with Crippen molar-refractivity contribution in [3.8, 4) is 22.5 Å². The van der Waals surface area contributed by atoms with Crippen LogP contribution in [0.25, 0.3) is 21.2 Å². The molecule has 25 nitrogen and oxygen atoms in total. The van der Waals surface area contributed by atoms with E-state index in [4.69, 9.17) is 57.3 Å². The lowest BCUT2D eigenvalue weighted by molar-refractivity contribution is -0.147. The Kier molecular flexibility index (Phi) is 30.3. The van der Waals surface area contributed by atoms with Crippen molar-refractivity contribution in [3.05, 3.63) is 107 Å². The van der Waals surface area contributed by atoms with Gasteiger partial charge in [0.15, 0.2) is 5.78 Å². The first-order valence-electron chi connectivity index (χ1n) is 35.0. The maximum atomic E-state index is 14.1.